The summed E-state index contributed by atoms with van der Waals surface area (Å²) in [5, 5.41) is 4.18. The largest absolute Gasteiger partial charge is 0.493 e. The highest BCUT2D eigenvalue weighted by Crippen LogP contribution is 2.30. The van der Waals surface area contributed by atoms with Gasteiger partial charge in [-0.2, -0.15) is 0 Å². The molecule has 2 heterocycles. The van der Waals surface area contributed by atoms with Gasteiger partial charge in [0.25, 0.3) is 0 Å². The molecule has 1 N–H and O–H groups in total. The third-order valence-electron chi connectivity index (χ3n) is 5.38. The zero-order valence-electron chi connectivity index (χ0n) is 19.4. The minimum absolute atomic E-state index is 0.620. The summed E-state index contributed by atoms with van der Waals surface area (Å²) >= 11 is 0. The highest BCUT2D eigenvalue weighted by molar-refractivity contribution is 5.93. The van der Waals surface area contributed by atoms with Crippen LogP contribution in [0.5, 0.6) is 5.75 Å². The van der Waals surface area contributed by atoms with E-state index in [0.717, 1.165) is 45.6 Å². The first-order valence-corrected chi connectivity index (χ1v) is 11.1. The molecule has 0 spiro atoms. The molecule has 0 unspecified atom stereocenters. The van der Waals surface area contributed by atoms with Crippen molar-refractivity contribution in [1.29, 1.82) is 0 Å². The summed E-state index contributed by atoms with van der Waals surface area (Å²) in [6.07, 6.45) is 9.93. The van der Waals surface area contributed by atoms with E-state index in [1.54, 1.807) is 18.6 Å². The van der Waals surface area contributed by atoms with Crippen LogP contribution in [0.4, 0.5) is 5.82 Å². The number of ether oxygens (including phenoxy) is 1. The number of aromatic nitrogens is 3. The summed E-state index contributed by atoms with van der Waals surface area (Å²) < 4.78 is 5.90. The van der Waals surface area contributed by atoms with Crippen LogP contribution in [0.15, 0.2) is 95.9 Å². The Morgan fingerprint density at radius 1 is 1.06 bits per heavy atom. The van der Waals surface area contributed by atoms with Gasteiger partial charge < -0.3 is 10.1 Å². The van der Waals surface area contributed by atoms with Gasteiger partial charge in [0.05, 0.1) is 12.1 Å². The molecule has 0 fully saturated rings. The minimum atomic E-state index is 0.620. The monoisotopic (exact) mass is 449 g/mol. The van der Waals surface area contributed by atoms with Gasteiger partial charge in [0.15, 0.2) is 5.82 Å². The molecule has 0 atom stereocenters. The number of aliphatic imine (C=N–C) groups is 1. The molecular weight excluding hydrogens is 422 g/mol. The SMILES string of the molecule is C=N/C=C\C=C(/C)CCOc1ccc(-c2ccc3nc(-c4cccnc4)nc(NC)c3c2)cc1. The zero-order chi connectivity index (χ0) is 23.8. The fraction of sp³-hybridized carbons (Fsp3) is 0.143. The molecular formula is C28H27N5O. The van der Waals surface area contributed by atoms with Crippen LogP contribution in [0.1, 0.15) is 13.3 Å². The number of hydrogen-bond donors (Lipinski definition) is 1. The first-order chi connectivity index (χ1) is 16.7. The molecule has 6 nitrogen and oxygen atoms in total. The Morgan fingerprint density at radius 3 is 2.62 bits per heavy atom. The average molecular weight is 450 g/mol. The van der Waals surface area contributed by atoms with Crippen LogP contribution < -0.4 is 10.1 Å². The van der Waals surface area contributed by atoms with Gasteiger partial charge in [-0.25, -0.2) is 9.97 Å². The van der Waals surface area contributed by atoms with E-state index in [2.05, 4.69) is 53.2 Å². The van der Waals surface area contributed by atoms with Crippen molar-refractivity contribution in [2.75, 3.05) is 19.0 Å². The Hall–Kier alpha value is -4.32. The fourth-order valence-corrected chi connectivity index (χ4v) is 3.55. The van der Waals surface area contributed by atoms with E-state index in [9.17, 15) is 0 Å². The van der Waals surface area contributed by atoms with Crippen molar-refractivity contribution in [1.82, 2.24) is 15.0 Å². The maximum Gasteiger partial charge on any atom is 0.163 e. The number of benzene rings is 2. The first-order valence-electron chi connectivity index (χ1n) is 11.1. The minimum Gasteiger partial charge on any atom is -0.493 e. The number of allylic oxidation sites excluding steroid dienone is 2. The predicted octanol–water partition coefficient (Wildman–Crippen LogP) is 6.33. The standard InChI is InChI=1S/C28H27N5O/c1-20(6-4-15-29-2)14-17-34-24-11-8-21(9-12-24)22-10-13-26-25(18-22)28(30-3)33-27(32-26)23-7-5-16-31-19-23/h4-13,15-16,18-19H,2,14,17H2,1,3H3,(H,30,32,33)/b15-4-,20-6+. The molecule has 0 amide bonds. The molecule has 4 rings (SSSR count). The Morgan fingerprint density at radius 2 is 1.88 bits per heavy atom. The molecule has 0 radical (unpaired) electrons. The number of rotatable bonds is 9. The highest BCUT2D eigenvalue weighted by Gasteiger charge is 2.10. The van der Waals surface area contributed by atoms with Gasteiger partial charge in [-0.15, -0.1) is 0 Å². The molecule has 4 aromatic rings. The van der Waals surface area contributed by atoms with Crippen molar-refractivity contribution in [3.8, 4) is 28.3 Å². The van der Waals surface area contributed by atoms with Gasteiger partial charge in [-0.05, 0) is 67.2 Å². The Bertz CT molecular complexity index is 1330. The van der Waals surface area contributed by atoms with Crippen LogP contribution >= 0.6 is 0 Å². The van der Waals surface area contributed by atoms with Crippen LogP contribution in [0, 0.1) is 0 Å². The molecule has 0 saturated carbocycles. The molecule has 0 aliphatic carbocycles. The van der Waals surface area contributed by atoms with Crippen molar-refractivity contribution in [2.45, 2.75) is 13.3 Å². The van der Waals surface area contributed by atoms with E-state index in [4.69, 9.17) is 14.7 Å². The van der Waals surface area contributed by atoms with Crippen LogP contribution in [0.3, 0.4) is 0 Å². The average Bonchev–Trinajstić information content (AvgIpc) is 2.89. The Balaban J connectivity index is 1.50. The predicted molar refractivity (Wildman–Crippen MR) is 140 cm³/mol. The van der Waals surface area contributed by atoms with Gasteiger partial charge in [0.2, 0.25) is 0 Å². The van der Waals surface area contributed by atoms with Gasteiger partial charge in [0.1, 0.15) is 11.6 Å². The van der Waals surface area contributed by atoms with Gasteiger partial charge in [-0.3, -0.25) is 9.98 Å². The van der Waals surface area contributed by atoms with Crippen molar-refractivity contribution < 1.29 is 4.74 Å². The number of fused-ring (bicyclic) bond motifs is 1. The molecule has 0 bridgehead atoms. The molecule has 34 heavy (non-hydrogen) atoms. The second-order valence-electron chi connectivity index (χ2n) is 7.78. The van der Waals surface area contributed by atoms with Gasteiger partial charge in [0, 0.05) is 43.0 Å². The van der Waals surface area contributed by atoms with Gasteiger partial charge in [-0.1, -0.05) is 29.8 Å². The van der Waals surface area contributed by atoms with E-state index in [-0.39, 0.29) is 0 Å². The van der Waals surface area contributed by atoms with E-state index in [1.807, 2.05) is 49.5 Å². The lowest BCUT2D eigenvalue weighted by Crippen LogP contribution is -1.99. The lowest BCUT2D eigenvalue weighted by Gasteiger charge is -2.11. The second-order valence-corrected chi connectivity index (χ2v) is 7.78. The molecule has 2 aromatic heterocycles. The third kappa shape index (κ3) is 5.53. The molecule has 6 heteroatoms. The number of anilines is 1. The zero-order valence-corrected chi connectivity index (χ0v) is 19.4. The second kappa shape index (κ2) is 11.0. The van der Waals surface area contributed by atoms with E-state index < -0.39 is 0 Å². The van der Waals surface area contributed by atoms with Crippen molar-refractivity contribution in [3.05, 3.63) is 90.9 Å². The first kappa shape index (κ1) is 22.9. The summed E-state index contributed by atoms with van der Waals surface area (Å²) in [6.45, 7) is 6.12. The van der Waals surface area contributed by atoms with Crippen molar-refractivity contribution in [3.63, 3.8) is 0 Å². The van der Waals surface area contributed by atoms with E-state index in [1.165, 1.54) is 5.57 Å². The summed E-state index contributed by atoms with van der Waals surface area (Å²) in [7, 11) is 1.87. The van der Waals surface area contributed by atoms with Crippen LogP contribution in [0.25, 0.3) is 33.4 Å². The van der Waals surface area contributed by atoms with Crippen molar-refractivity contribution in [2.24, 2.45) is 4.99 Å². The highest BCUT2D eigenvalue weighted by atomic mass is 16.5. The molecule has 0 aliphatic rings. The normalized spacial score (nSPS) is 11.6. The smallest absolute Gasteiger partial charge is 0.163 e. The Kier molecular flexibility index (Phi) is 7.40. The quantitative estimate of drug-likeness (QED) is 0.239. The maximum absolute atomic E-state index is 5.90. The van der Waals surface area contributed by atoms with Gasteiger partial charge >= 0.3 is 0 Å². The topological polar surface area (TPSA) is 72.3 Å². The summed E-state index contributed by atoms with van der Waals surface area (Å²) in [6, 6.07) is 18.2. The van der Waals surface area contributed by atoms with E-state index >= 15 is 0 Å². The molecule has 0 saturated heterocycles. The van der Waals surface area contributed by atoms with Crippen LogP contribution in [-0.2, 0) is 0 Å². The molecule has 0 aliphatic heterocycles. The maximum atomic E-state index is 5.90. The van der Waals surface area contributed by atoms with E-state index in [0.29, 0.717) is 12.4 Å². The number of hydrogen-bond acceptors (Lipinski definition) is 6. The number of pyridine rings is 1. The lowest BCUT2D eigenvalue weighted by molar-refractivity contribution is 0.321. The number of nitrogens with zero attached hydrogens (tertiary/aromatic N) is 4. The Labute approximate surface area is 199 Å². The summed E-state index contributed by atoms with van der Waals surface area (Å²) in [5.74, 6) is 2.28. The van der Waals surface area contributed by atoms with Crippen LogP contribution in [-0.4, -0.2) is 35.3 Å². The fourth-order valence-electron chi connectivity index (χ4n) is 3.55. The third-order valence-corrected chi connectivity index (χ3v) is 5.38. The molecule has 170 valence electrons. The summed E-state index contributed by atoms with van der Waals surface area (Å²) in [5.41, 5.74) is 5.18. The van der Waals surface area contributed by atoms with Crippen LogP contribution in [0.2, 0.25) is 0 Å². The molecule has 2 aromatic carbocycles. The lowest BCUT2D eigenvalue weighted by atomic mass is 10.0. The van der Waals surface area contributed by atoms with Crippen molar-refractivity contribution >= 4 is 23.4 Å². The summed E-state index contributed by atoms with van der Waals surface area (Å²) in [4.78, 5) is 17.3. The number of nitrogens with one attached hydrogen (secondary N) is 1.